The molecule has 0 atom stereocenters. The van der Waals surface area contributed by atoms with E-state index in [0.717, 1.165) is 22.9 Å². The van der Waals surface area contributed by atoms with Gasteiger partial charge in [-0.15, -0.1) is 0 Å². The monoisotopic (exact) mass is 216 g/mol. The van der Waals surface area contributed by atoms with Crippen LogP contribution >= 0.6 is 0 Å². The molecule has 4 nitrogen and oxygen atoms in total. The molecular weight excluding hydrogens is 200 g/mol. The largest absolute Gasteiger partial charge is 0.241 e. The molecule has 0 amide bonds. The molecule has 0 fully saturated rings. The van der Waals surface area contributed by atoms with Gasteiger partial charge in [0.15, 0.2) is 5.82 Å². The summed E-state index contributed by atoms with van der Waals surface area (Å²) in [5, 5.41) is 4.41. The van der Waals surface area contributed by atoms with Gasteiger partial charge >= 0.3 is 0 Å². The van der Waals surface area contributed by atoms with Gasteiger partial charge in [-0.2, -0.15) is 5.10 Å². The quantitative estimate of drug-likeness (QED) is 0.774. The second-order valence-electron chi connectivity index (χ2n) is 4.29. The predicted molar refractivity (Wildman–Crippen MR) is 62.7 cm³/mol. The maximum Gasteiger partial charge on any atom is 0.157 e. The first-order valence-electron chi connectivity index (χ1n) is 5.43. The maximum absolute atomic E-state index is 4.41. The van der Waals surface area contributed by atoms with Gasteiger partial charge in [-0.3, -0.25) is 0 Å². The Hall–Kier alpha value is -1.71. The fraction of sp³-hybridized carbons (Fsp3) is 0.417. The van der Waals surface area contributed by atoms with Gasteiger partial charge in [0.25, 0.3) is 0 Å². The smallest absolute Gasteiger partial charge is 0.157 e. The van der Waals surface area contributed by atoms with Gasteiger partial charge in [0.05, 0.1) is 5.69 Å². The molecule has 0 N–H and O–H groups in total. The molecule has 2 rings (SSSR count). The van der Waals surface area contributed by atoms with Crippen molar-refractivity contribution in [3.63, 3.8) is 0 Å². The zero-order chi connectivity index (χ0) is 11.7. The molecule has 0 unspecified atom stereocenters. The van der Waals surface area contributed by atoms with Gasteiger partial charge < -0.3 is 0 Å². The van der Waals surface area contributed by atoms with Crippen LogP contribution in [0, 0.1) is 13.8 Å². The van der Waals surface area contributed by atoms with Crippen molar-refractivity contribution in [1.29, 1.82) is 0 Å². The summed E-state index contributed by atoms with van der Waals surface area (Å²) in [6.07, 6.45) is 1.60. The molecule has 2 aromatic heterocycles. The Morgan fingerprint density at radius 3 is 2.44 bits per heavy atom. The Morgan fingerprint density at radius 1 is 1.12 bits per heavy atom. The van der Waals surface area contributed by atoms with Gasteiger partial charge in [-0.05, 0) is 25.8 Å². The lowest BCUT2D eigenvalue weighted by Crippen LogP contribution is -2.04. The lowest BCUT2D eigenvalue weighted by molar-refractivity contribution is 0.768. The Bertz CT molecular complexity index is 499. The van der Waals surface area contributed by atoms with Crippen LogP contribution in [0.15, 0.2) is 18.5 Å². The average Bonchev–Trinajstić information content (AvgIpc) is 2.58. The molecule has 0 radical (unpaired) electrons. The van der Waals surface area contributed by atoms with Gasteiger partial charge in [0, 0.05) is 17.5 Å². The van der Waals surface area contributed by atoms with E-state index < -0.39 is 0 Å². The Morgan fingerprint density at radius 2 is 1.88 bits per heavy atom. The first-order chi connectivity index (χ1) is 7.58. The third kappa shape index (κ3) is 1.96. The molecule has 0 aliphatic rings. The Balaban J connectivity index is 2.48. The molecule has 84 valence electrons. The van der Waals surface area contributed by atoms with E-state index in [0.29, 0.717) is 5.92 Å². The molecule has 0 aromatic carbocycles. The predicted octanol–water partition coefficient (Wildman–Crippen LogP) is 2.40. The second-order valence-corrected chi connectivity index (χ2v) is 4.29. The average molecular weight is 216 g/mol. The lowest BCUT2D eigenvalue weighted by Gasteiger charge is -2.07. The molecule has 2 heterocycles. The molecule has 16 heavy (non-hydrogen) atoms. The number of hydrogen-bond donors (Lipinski definition) is 0. The topological polar surface area (TPSA) is 43.6 Å². The van der Waals surface area contributed by atoms with Gasteiger partial charge in [0.2, 0.25) is 0 Å². The summed E-state index contributed by atoms with van der Waals surface area (Å²) in [6.45, 7) is 8.24. The van der Waals surface area contributed by atoms with Crippen LogP contribution in [-0.2, 0) is 0 Å². The summed E-state index contributed by atoms with van der Waals surface area (Å²) >= 11 is 0. The summed E-state index contributed by atoms with van der Waals surface area (Å²) in [4.78, 5) is 8.50. The number of hydrogen-bond acceptors (Lipinski definition) is 3. The third-order valence-corrected chi connectivity index (χ3v) is 2.49. The zero-order valence-electron chi connectivity index (χ0n) is 10.1. The van der Waals surface area contributed by atoms with E-state index in [4.69, 9.17) is 0 Å². The highest BCUT2D eigenvalue weighted by molar-refractivity contribution is 5.27. The van der Waals surface area contributed by atoms with E-state index >= 15 is 0 Å². The minimum atomic E-state index is 0.402. The summed E-state index contributed by atoms with van der Waals surface area (Å²) < 4.78 is 1.85. The fourth-order valence-electron chi connectivity index (χ4n) is 1.65. The lowest BCUT2D eigenvalue weighted by atomic mass is 10.1. The third-order valence-electron chi connectivity index (χ3n) is 2.49. The highest BCUT2D eigenvalue weighted by atomic mass is 15.3. The molecule has 2 aromatic rings. The van der Waals surface area contributed by atoms with E-state index in [1.54, 1.807) is 6.33 Å². The maximum atomic E-state index is 4.41. The van der Waals surface area contributed by atoms with Crippen LogP contribution < -0.4 is 0 Å². The van der Waals surface area contributed by atoms with E-state index in [1.807, 2.05) is 30.7 Å². The first-order valence-corrected chi connectivity index (χ1v) is 5.43. The van der Waals surface area contributed by atoms with Crippen LogP contribution in [0.3, 0.4) is 0 Å². The summed E-state index contributed by atoms with van der Waals surface area (Å²) in [5.41, 5.74) is 3.13. The number of aryl methyl sites for hydroxylation is 2. The number of aromatic nitrogens is 4. The standard InChI is InChI=1S/C12H16N4/c1-8(2)11-6-12(14-7-13-11)16-10(4)5-9(3)15-16/h5-8H,1-4H3. The number of nitrogens with zero attached hydrogens (tertiary/aromatic N) is 4. The summed E-state index contributed by atoms with van der Waals surface area (Å²) in [6, 6.07) is 4.03. The van der Waals surface area contributed by atoms with Gasteiger partial charge in [-0.1, -0.05) is 13.8 Å². The minimum Gasteiger partial charge on any atom is -0.241 e. The van der Waals surface area contributed by atoms with Crippen molar-refractivity contribution in [2.24, 2.45) is 0 Å². The Kier molecular flexibility index (Phi) is 2.73. The molecule has 0 bridgehead atoms. The van der Waals surface area contributed by atoms with Crippen molar-refractivity contribution in [1.82, 2.24) is 19.7 Å². The zero-order valence-corrected chi connectivity index (χ0v) is 10.1. The first kappa shape index (κ1) is 10.8. The van der Waals surface area contributed by atoms with Crippen molar-refractivity contribution < 1.29 is 0 Å². The fourth-order valence-corrected chi connectivity index (χ4v) is 1.65. The SMILES string of the molecule is Cc1cc(C)n(-c2cc(C(C)C)ncn2)n1. The molecule has 4 heteroatoms. The van der Waals surface area contributed by atoms with E-state index in [9.17, 15) is 0 Å². The van der Waals surface area contributed by atoms with Crippen LogP contribution in [0.1, 0.15) is 36.8 Å². The highest BCUT2D eigenvalue weighted by Gasteiger charge is 2.07. The van der Waals surface area contributed by atoms with Gasteiger partial charge in [-0.25, -0.2) is 14.6 Å². The summed E-state index contributed by atoms with van der Waals surface area (Å²) in [5.74, 6) is 1.24. The van der Waals surface area contributed by atoms with Crippen molar-refractivity contribution in [3.05, 3.63) is 35.5 Å². The molecule has 0 aliphatic carbocycles. The molecule has 0 saturated heterocycles. The van der Waals surface area contributed by atoms with Crippen LogP contribution in [0.5, 0.6) is 0 Å². The van der Waals surface area contributed by atoms with Crippen LogP contribution in [-0.4, -0.2) is 19.7 Å². The molecular formula is C12H16N4. The van der Waals surface area contributed by atoms with Crippen LogP contribution in [0.2, 0.25) is 0 Å². The van der Waals surface area contributed by atoms with E-state index in [-0.39, 0.29) is 0 Å². The molecule has 0 spiro atoms. The van der Waals surface area contributed by atoms with Crippen molar-refractivity contribution in [3.8, 4) is 5.82 Å². The van der Waals surface area contributed by atoms with E-state index in [1.165, 1.54) is 0 Å². The second kappa shape index (κ2) is 4.04. The highest BCUT2D eigenvalue weighted by Crippen LogP contribution is 2.14. The van der Waals surface area contributed by atoms with Crippen molar-refractivity contribution in [2.75, 3.05) is 0 Å². The molecule has 0 saturated carbocycles. The summed E-state index contributed by atoms with van der Waals surface area (Å²) in [7, 11) is 0. The van der Waals surface area contributed by atoms with Crippen molar-refractivity contribution in [2.45, 2.75) is 33.6 Å². The van der Waals surface area contributed by atoms with Crippen molar-refractivity contribution >= 4 is 0 Å². The Labute approximate surface area is 95.4 Å². The number of rotatable bonds is 2. The van der Waals surface area contributed by atoms with Crippen LogP contribution in [0.4, 0.5) is 0 Å². The normalized spacial score (nSPS) is 11.1. The van der Waals surface area contributed by atoms with E-state index in [2.05, 4.69) is 28.9 Å². The van der Waals surface area contributed by atoms with Gasteiger partial charge in [0.1, 0.15) is 6.33 Å². The molecule has 0 aliphatic heterocycles. The minimum absolute atomic E-state index is 0.402. The van der Waals surface area contributed by atoms with Crippen LogP contribution in [0.25, 0.3) is 5.82 Å².